The molecular weight excluding hydrogens is 514 g/mol. The van der Waals surface area contributed by atoms with E-state index in [1.165, 1.54) is 120 Å². The number of carbonyl (C=O) groups is 4. The fourth-order valence-corrected chi connectivity index (χ4v) is 5.69. The lowest BCUT2D eigenvalue weighted by molar-refractivity contribution is -0.890. The summed E-state index contributed by atoms with van der Waals surface area (Å²) in [5, 5.41) is 35.2. The minimum atomic E-state index is -1.72. The zero-order chi connectivity index (χ0) is 30.6. The van der Waals surface area contributed by atoms with Crippen LogP contribution in [0.1, 0.15) is 123 Å². The Bertz CT molecular complexity index is 681. The van der Waals surface area contributed by atoms with Crippen molar-refractivity contribution in [3.8, 4) is 0 Å². The van der Waals surface area contributed by atoms with Gasteiger partial charge < -0.3 is 24.9 Å². The maximum atomic E-state index is 10.9. The van der Waals surface area contributed by atoms with E-state index >= 15 is 0 Å². The van der Waals surface area contributed by atoms with Crippen LogP contribution in [0.25, 0.3) is 0 Å². The Morgan fingerprint density at radius 1 is 0.500 bits per heavy atom. The zero-order valence-corrected chi connectivity index (χ0v) is 25.6. The van der Waals surface area contributed by atoms with Gasteiger partial charge in [-0.05, 0) is 32.1 Å². The molecule has 0 heterocycles. The predicted molar refractivity (Wildman–Crippen MR) is 156 cm³/mol. The molecule has 0 saturated heterocycles. The highest BCUT2D eigenvalue weighted by atomic mass is 16.4. The van der Waals surface area contributed by atoms with E-state index in [1.54, 1.807) is 0 Å². The molecule has 1 fully saturated rings. The molecule has 0 aromatic heterocycles. The van der Waals surface area contributed by atoms with Crippen LogP contribution in [-0.2, 0) is 19.2 Å². The average molecular weight is 573 g/mol. The first-order valence-corrected chi connectivity index (χ1v) is 15.6. The van der Waals surface area contributed by atoms with Crippen molar-refractivity contribution in [3.63, 3.8) is 0 Å². The number of hydrogen-bond donors (Lipinski definition) is 4. The van der Waals surface area contributed by atoms with Crippen molar-refractivity contribution < 1.29 is 44.1 Å². The number of hydrogen-bond acceptors (Lipinski definition) is 4. The van der Waals surface area contributed by atoms with Gasteiger partial charge in [-0.1, -0.05) is 90.9 Å². The third-order valence-electron chi connectivity index (χ3n) is 8.20. The van der Waals surface area contributed by atoms with Crippen molar-refractivity contribution >= 4 is 23.9 Å². The quantitative estimate of drug-likeness (QED) is 0.0844. The first kappa shape index (κ1) is 37.8. The molecule has 4 atom stereocenters. The second kappa shape index (κ2) is 21.6. The first-order valence-electron chi connectivity index (χ1n) is 15.6. The van der Waals surface area contributed by atoms with Crippen molar-refractivity contribution in [1.29, 1.82) is 0 Å². The van der Waals surface area contributed by atoms with E-state index < -0.39 is 54.0 Å². The number of unbranched alkanes of at least 4 members (excludes halogenated alkanes) is 14. The van der Waals surface area contributed by atoms with Crippen LogP contribution in [0.3, 0.4) is 0 Å². The van der Waals surface area contributed by atoms with Gasteiger partial charge in [0.2, 0.25) is 0 Å². The molecule has 0 spiro atoms. The van der Waals surface area contributed by atoms with Gasteiger partial charge in [0.25, 0.3) is 0 Å². The fourth-order valence-electron chi connectivity index (χ4n) is 5.69. The summed E-state index contributed by atoms with van der Waals surface area (Å²) >= 11 is 0. The van der Waals surface area contributed by atoms with Crippen LogP contribution >= 0.6 is 0 Å². The van der Waals surface area contributed by atoms with Gasteiger partial charge in [0.1, 0.15) is 0 Å². The van der Waals surface area contributed by atoms with Crippen LogP contribution in [0.4, 0.5) is 0 Å². The molecule has 4 N–H and O–H groups in total. The Morgan fingerprint density at radius 2 is 0.775 bits per heavy atom. The van der Waals surface area contributed by atoms with E-state index in [2.05, 4.69) is 27.9 Å². The van der Waals surface area contributed by atoms with E-state index in [1.807, 2.05) is 0 Å². The van der Waals surface area contributed by atoms with Gasteiger partial charge in [0.15, 0.2) is 0 Å². The SMILES string of the molecule is CCCCCCCCCC[N+](C)(C)CCCCCCCCCC.O=C(O)C1CC(C(=O)O)C(C(=O)O)C1C(=O)O. The Kier molecular flexibility index (Phi) is 20.4. The first-order chi connectivity index (χ1) is 18.9. The lowest BCUT2D eigenvalue weighted by Gasteiger charge is -2.30. The lowest BCUT2D eigenvalue weighted by Crippen LogP contribution is -2.41. The molecule has 0 aromatic rings. The molecule has 234 valence electrons. The highest BCUT2D eigenvalue weighted by molar-refractivity contribution is 5.90. The van der Waals surface area contributed by atoms with E-state index in [4.69, 9.17) is 20.4 Å². The van der Waals surface area contributed by atoms with Gasteiger partial charge in [0, 0.05) is 0 Å². The van der Waals surface area contributed by atoms with Crippen LogP contribution in [0.2, 0.25) is 0 Å². The number of rotatable bonds is 22. The number of aliphatic carboxylic acids is 4. The molecule has 40 heavy (non-hydrogen) atoms. The largest absolute Gasteiger partial charge is 0.481 e. The zero-order valence-electron chi connectivity index (χ0n) is 25.6. The van der Waals surface area contributed by atoms with Crippen LogP contribution in [0.15, 0.2) is 0 Å². The molecule has 0 radical (unpaired) electrons. The second-order valence-corrected chi connectivity index (χ2v) is 12.2. The van der Waals surface area contributed by atoms with Crippen LogP contribution in [-0.4, -0.2) is 76.0 Å². The Labute approximate surface area is 241 Å². The smallest absolute Gasteiger partial charge is 0.308 e. The van der Waals surface area contributed by atoms with Gasteiger partial charge >= 0.3 is 23.9 Å². The van der Waals surface area contributed by atoms with E-state index in [0.29, 0.717) is 0 Å². The maximum Gasteiger partial charge on any atom is 0.308 e. The van der Waals surface area contributed by atoms with Crippen molar-refractivity contribution in [2.24, 2.45) is 23.7 Å². The molecule has 1 aliphatic carbocycles. The van der Waals surface area contributed by atoms with Crippen LogP contribution in [0, 0.1) is 23.7 Å². The molecule has 1 aliphatic rings. The van der Waals surface area contributed by atoms with Crippen LogP contribution in [0.5, 0.6) is 0 Å². The molecule has 1 saturated carbocycles. The van der Waals surface area contributed by atoms with E-state index in [-0.39, 0.29) is 0 Å². The van der Waals surface area contributed by atoms with Crippen molar-refractivity contribution in [1.82, 2.24) is 0 Å². The number of quaternary nitrogens is 1. The Morgan fingerprint density at radius 3 is 1.02 bits per heavy atom. The lowest BCUT2D eigenvalue weighted by atomic mass is 9.87. The molecule has 1 rings (SSSR count). The maximum absolute atomic E-state index is 10.9. The summed E-state index contributed by atoms with van der Waals surface area (Å²) in [5.74, 6) is -12.6. The van der Waals surface area contributed by atoms with E-state index in [9.17, 15) is 19.2 Å². The molecule has 4 unspecified atom stereocenters. The molecular formula is C31H58NO8+. The molecule has 0 bridgehead atoms. The molecule has 9 heteroatoms. The van der Waals surface area contributed by atoms with Crippen molar-refractivity contribution in [3.05, 3.63) is 0 Å². The molecule has 9 nitrogen and oxygen atoms in total. The number of carboxylic acid groups (broad SMARTS) is 4. The van der Waals surface area contributed by atoms with Crippen molar-refractivity contribution in [2.45, 2.75) is 123 Å². The monoisotopic (exact) mass is 572 g/mol. The normalized spacial score (nSPS) is 20.5. The minimum absolute atomic E-state index is 0.487. The highest BCUT2D eigenvalue weighted by Gasteiger charge is 2.56. The average Bonchev–Trinajstić information content (AvgIpc) is 3.30. The highest BCUT2D eigenvalue weighted by Crippen LogP contribution is 2.42. The third-order valence-corrected chi connectivity index (χ3v) is 8.20. The third kappa shape index (κ3) is 16.2. The van der Waals surface area contributed by atoms with Gasteiger partial charge in [-0.2, -0.15) is 0 Å². The summed E-state index contributed by atoms with van der Waals surface area (Å²) in [7, 11) is 4.87. The number of carboxylic acids is 4. The summed E-state index contributed by atoms with van der Waals surface area (Å²) in [6.07, 6.45) is 22.5. The summed E-state index contributed by atoms with van der Waals surface area (Å²) in [5.41, 5.74) is 0. The van der Waals surface area contributed by atoms with Crippen LogP contribution < -0.4 is 0 Å². The van der Waals surface area contributed by atoms with Gasteiger partial charge in [-0.3, -0.25) is 19.2 Å². The van der Waals surface area contributed by atoms with Gasteiger partial charge in [-0.25, -0.2) is 0 Å². The molecule has 0 aromatic carbocycles. The van der Waals surface area contributed by atoms with Gasteiger partial charge in [0.05, 0.1) is 50.9 Å². The standard InChI is InChI=1S/C22H48N.C9H10O8/c1-5-7-9-11-13-15-17-19-21-23(3,4)22-20-18-16-14-12-10-8-6-2;10-6(11)2-1-3(7(12)13)5(9(16)17)4(2)8(14)15/h5-22H2,1-4H3;2-5H,1H2,(H,10,11)(H,12,13)(H,14,15)(H,16,17)/q+1;. The second-order valence-electron chi connectivity index (χ2n) is 12.2. The summed E-state index contributed by atoms with van der Waals surface area (Å²) in [4.78, 5) is 43.4. The predicted octanol–water partition coefficient (Wildman–Crippen LogP) is 6.54. The summed E-state index contributed by atoms with van der Waals surface area (Å²) in [6.45, 7) is 7.36. The fraction of sp³-hybridized carbons (Fsp3) is 0.871. The topological polar surface area (TPSA) is 149 Å². The molecule has 0 amide bonds. The molecule has 0 aliphatic heterocycles. The Hall–Kier alpha value is -2.16. The van der Waals surface area contributed by atoms with Gasteiger partial charge in [-0.15, -0.1) is 0 Å². The summed E-state index contributed by atoms with van der Waals surface area (Å²) in [6, 6.07) is 0. The van der Waals surface area contributed by atoms with Crippen molar-refractivity contribution in [2.75, 3.05) is 27.2 Å². The minimum Gasteiger partial charge on any atom is -0.481 e. The summed E-state index contributed by atoms with van der Waals surface area (Å²) < 4.78 is 1.24. The number of nitrogens with zero attached hydrogens (tertiary/aromatic N) is 1. The van der Waals surface area contributed by atoms with E-state index in [0.717, 1.165) is 0 Å². The Balaban J connectivity index is 0.000000793.